The van der Waals surface area contributed by atoms with Gasteiger partial charge in [0.2, 0.25) is 5.91 Å². The predicted octanol–water partition coefficient (Wildman–Crippen LogP) is 0.937. The summed E-state index contributed by atoms with van der Waals surface area (Å²) in [6, 6.07) is 0.534. The minimum atomic E-state index is -0.0344. The van der Waals surface area contributed by atoms with E-state index in [9.17, 15) is 4.79 Å². The van der Waals surface area contributed by atoms with Crippen molar-refractivity contribution < 1.29 is 4.79 Å². The number of carbonyl (C=O) groups is 1. The van der Waals surface area contributed by atoms with E-state index in [1.165, 1.54) is 18.6 Å². The highest BCUT2D eigenvalue weighted by Gasteiger charge is 2.14. The number of rotatable bonds is 4. The van der Waals surface area contributed by atoms with E-state index in [2.05, 4.69) is 15.7 Å². The Balaban J connectivity index is 1.86. The highest BCUT2D eigenvalue weighted by molar-refractivity contribution is 7.99. The Labute approximate surface area is 105 Å². The van der Waals surface area contributed by atoms with E-state index in [4.69, 9.17) is 0 Å². The zero-order valence-corrected chi connectivity index (χ0v) is 10.8. The molecule has 94 valence electrons. The Morgan fingerprint density at radius 1 is 1.71 bits per heavy atom. The van der Waals surface area contributed by atoms with Crippen LogP contribution in [0.15, 0.2) is 12.4 Å². The molecule has 0 spiro atoms. The summed E-state index contributed by atoms with van der Waals surface area (Å²) < 4.78 is 1.65. The van der Waals surface area contributed by atoms with Crippen molar-refractivity contribution in [1.29, 1.82) is 0 Å². The van der Waals surface area contributed by atoms with Crippen LogP contribution in [0.25, 0.3) is 0 Å². The van der Waals surface area contributed by atoms with Crippen LogP contribution < -0.4 is 10.6 Å². The van der Waals surface area contributed by atoms with Crippen LogP contribution in [0, 0.1) is 0 Å². The van der Waals surface area contributed by atoms with Crippen molar-refractivity contribution in [2.75, 3.05) is 23.9 Å². The minimum Gasteiger partial charge on any atom is -0.379 e. The number of carbonyl (C=O) groups excluding carboxylic acids is 1. The second-order valence-corrected chi connectivity index (χ2v) is 5.31. The number of hydrogen-bond acceptors (Lipinski definition) is 4. The van der Waals surface area contributed by atoms with Gasteiger partial charge in [-0.15, -0.1) is 0 Å². The molecule has 1 amide bonds. The van der Waals surface area contributed by atoms with Crippen LogP contribution in [0.1, 0.15) is 12.8 Å². The Kier molecular flexibility index (Phi) is 4.30. The first-order chi connectivity index (χ1) is 8.28. The fraction of sp³-hybridized carbons (Fsp3) is 0.636. The second kappa shape index (κ2) is 5.95. The SMILES string of the molecule is CNC(=O)Cn1cc(NC2CCCSC2)cn1. The number of nitrogens with one attached hydrogen (secondary N) is 2. The third kappa shape index (κ3) is 3.66. The molecular weight excluding hydrogens is 236 g/mol. The summed E-state index contributed by atoms with van der Waals surface area (Å²) in [7, 11) is 1.63. The van der Waals surface area contributed by atoms with Crippen molar-refractivity contribution in [2.45, 2.75) is 25.4 Å². The van der Waals surface area contributed by atoms with E-state index in [0.717, 1.165) is 11.4 Å². The topological polar surface area (TPSA) is 59.0 Å². The molecule has 1 aromatic rings. The van der Waals surface area contributed by atoms with Gasteiger partial charge >= 0.3 is 0 Å². The molecule has 1 aromatic heterocycles. The van der Waals surface area contributed by atoms with Gasteiger partial charge in [-0.05, 0) is 18.6 Å². The molecule has 2 N–H and O–H groups in total. The number of likely N-dealkylation sites (N-methyl/N-ethyl adjacent to an activating group) is 1. The third-order valence-corrected chi connectivity index (χ3v) is 3.96. The molecule has 0 aromatic carbocycles. The van der Waals surface area contributed by atoms with Gasteiger partial charge < -0.3 is 10.6 Å². The van der Waals surface area contributed by atoms with Gasteiger partial charge in [0.05, 0.1) is 11.9 Å². The fourth-order valence-corrected chi connectivity index (χ4v) is 2.91. The zero-order chi connectivity index (χ0) is 12.1. The largest absolute Gasteiger partial charge is 0.379 e. The maximum Gasteiger partial charge on any atom is 0.241 e. The van der Waals surface area contributed by atoms with E-state index in [1.807, 2.05) is 18.0 Å². The second-order valence-electron chi connectivity index (χ2n) is 4.16. The first-order valence-electron chi connectivity index (χ1n) is 5.85. The summed E-state index contributed by atoms with van der Waals surface area (Å²) in [6.07, 6.45) is 6.15. The van der Waals surface area contributed by atoms with Gasteiger partial charge in [-0.1, -0.05) is 0 Å². The lowest BCUT2D eigenvalue weighted by atomic mass is 10.2. The van der Waals surface area contributed by atoms with Gasteiger partial charge in [-0.2, -0.15) is 16.9 Å². The summed E-state index contributed by atoms with van der Waals surface area (Å²) in [5, 5.41) is 10.2. The molecule has 1 fully saturated rings. The van der Waals surface area contributed by atoms with Crippen molar-refractivity contribution in [3.63, 3.8) is 0 Å². The molecule has 6 heteroatoms. The quantitative estimate of drug-likeness (QED) is 0.839. The van der Waals surface area contributed by atoms with Gasteiger partial charge in [0.25, 0.3) is 0 Å². The summed E-state index contributed by atoms with van der Waals surface area (Å²) in [6.45, 7) is 0.275. The van der Waals surface area contributed by atoms with E-state index in [0.29, 0.717) is 6.04 Å². The van der Waals surface area contributed by atoms with Crippen LogP contribution in [0.3, 0.4) is 0 Å². The number of amides is 1. The summed E-state index contributed by atoms with van der Waals surface area (Å²) in [4.78, 5) is 11.2. The first kappa shape index (κ1) is 12.3. The van der Waals surface area contributed by atoms with Crippen molar-refractivity contribution in [3.05, 3.63) is 12.4 Å². The predicted molar refractivity (Wildman–Crippen MR) is 70.3 cm³/mol. The van der Waals surface area contributed by atoms with Gasteiger partial charge in [-0.25, -0.2) is 0 Å². The average Bonchev–Trinajstić information content (AvgIpc) is 2.77. The normalized spacial score (nSPS) is 19.9. The molecule has 1 saturated heterocycles. The Bertz CT molecular complexity index is 373. The molecule has 5 nitrogen and oxygen atoms in total. The summed E-state index contributed by atoms with van der Waals surface area (Å²) in [5.41, 5.74) is 1.00. The Hall–Kier alpha value is -1.17. The maximum atomic E-state index is 11.2. The lowest BCUT2D eigenvalue weighted by Gasteiger charge is -2.22. The lowest BCUT2D eigenvalue weighted by Crippen LogP contribution is -2.25. The maximum absolute atomic E-state index is 11.2. The van der Waals surface area contributed by atoms with Crippen molar-refractivity contribution >= 4 is 23.4 Å². The van der Waals surface area contributed by atoms with Crippen LogP contribution in [-0.4, -0.2) is 40.3 Å². The third-order valence-electron chi connectivity index (χ3n) is 2.75. The summed E-state index contributed by atoms with van der Waals surface area (Å²) >= 11 is 1.99. The van der Waals surface area contributed by atoms with Crippen LogP contribution >= 0.6 is 11.8 Å². The van der Waals surface area contributed by atoms with E-state index in [1.54, 1.807) is 17.9 Å². The van der Waals surface area contributed by atoms with E-state index in [-0.39, 0.29) is 12.5 Å². The van der Waals surface area contributed by atoms with Crippen molar-refractivity contribution in [2.24, 2.45) is 0 Å². The van der Waals surface area contributed by atoms with Crippen LogP contribution in [0.4, 0.5) is 5.69 Å². The Morgan fingerprint density at radius 3 is 3.29 bits per heavy atom. The first-order valence-corrected chi connectivity index (χ1v) is 7.00. The molecule has 2 rings (SSSR count). The smallest absolute Gasteiger partial charge is 0.241 e. The van der Waals surface area contributed by atoms with Crippen molar-refractivity contribution in [1.82, 2.24) is 15.1 Å². The molecule has 17 heavy (non-hydrogen) atoms. The zero-order valence-electron chi connectivity index (χ0n) is 9.98. The molecule has 2 heterocycles. The van der Waals surface area contributed by atoms with E-state index < -0.39 is 0 Å². The molecule has 1 atom stereocenters. The van der Waals surface area contributed by atoms with Gasteiger partial charge in [0.1, 0.15) is 6.54 Å². The number of thioether (sulfide) groups is 1. The monoisotopic (exact) mass is 254 g/mol. The molecule has 0 aliphatic carbocycles. The van der Waals surface area contributed by atoms with Gasteiger partial charge in [-0.3, -0.25) is 9.48 Å². The van der Waals surface area contributed by atoms with Crippen LogP contribution in [0.2, 0.25) is 0 Å². The molecular formula is C11H18N4OS. The molecule has 1 unspecified atom stereocenters. The number of anilines is 1. The van der Waals surface area contributed by atoms with Crippen LogP contribution in [-0.2, 0) is 11.3 Å². The average molecular weight is 254 g/mol. The molecule has 0 saturated carbocycles. The van der Waals surface area contributed by atoms with Crippen LogP contribution in [0.5, 0.6) is 0 Å². The van der Waals surface area contributed by atoms with E-state index >= 15 is 0 Å². The minimum absolute atomic E-state index is 0.0344. The van der Waals surface area contributed by atoms with Gasteiger partial charge in [0, 0.05) is 25.0 Å². The number of hydrogen-bond donors (Lipinski definition) is 2. The Morgan fingerprint density at radius 2 is 2.59 bits per heavy atom. The fourth-order valence-electron chi connectivity index (χ4n) is 1.84. The molecule has 1 aliphatic heterocycles. The molecule has 0 bridgehead atoms. The standard InChI is InChI=1S/C11H18N4OS/c1-12-11(16)7-15-6-10(5-13-15)14-9-3-2-4-17-8-9/h5-6,9,14H,2-4,7-8H2,1H3,(H,12,16). The molecule has 0 radical (unpaired) electrons. The lowest BCUT2D eigenvalue weighted by molar-refractivity contribution is -0.121. The number of nitrogens with zero attached hydrogens (tertiary/aromatic N) is 2. The van der Waals surface area contributed by atoms with Crippen molar-refractivity contribution in [3.8, 4) is 0 Å². The van der Waals surface area contributed by atoms with Gasteiger partial charge in [0.15, 0.2) is 0 Å². The highest BCUT2D eigenvalue weighted by atomic mass is 32.2. The molecule has 1 aliphatic rings. The number of aromatic nitrogens is 2. The summed E-state index contributed by atoms with van der Waals surface area (Å²) in [5.74, 6) is 2.39. The highest BCUT2D eigenvalue weighted by Crippen LogP contribution is 2.20.